The summed E-state index contributed by atoms with van der Waals surface area (Å²) in [7, 11) is 1.85. The fourth-order valence-electron chi connectivity index (χ4n) is 3.83. The summed E-state index contributed by atoms with van der Waals surface area (Å²) < 4.78 is 0. The van der Waals surface area contributed by atoms with Gasteiger partial charge >= 0.3 is 0 Å². The van der Waals surface area contributed by atoms with Gasteiger partial charge in [-0.15, -0.1) is 0 Å². The summed E-state index contributed by atoms with van der Waals surface area (Å²) in [5.74, 6) is 0.920. The van der Waals surface area contributed by atoms with Gasteiger partial charge in [0.25, 0.3) is 0 Å². The molecule has 0 atom stereocenters. The number of aryl methyl sites for hydroxylation is 1. The maximum absolute atomic E-state index is 4.40. The lowest BCUT2D eigenvalue weighted by molar-refractivity contribution is 0.167. The van der Waals surface area contributed by atoms with E-state index in [9.17, 15) is 0 Å². The number of benzene rings is 1. The molecule has 1 fully saturated rings. The molecule has 2 aromatic rings. The molecule has 1 saturated heterocycles. The minimum atomic E-state index is 0.520. The van der Waals surface area contributed by atoms with Crippen LogP contribution in [0.1, 0.15) is 37.8 Å². The Morgan fingerprint density at radius 1 is 1.31 bits per heavy atom. The van der Waals surface area contributed by atoms with Gasteiger partial charge in [0, 0.05) is 55.9 Å². The number of nitrogens with one attached hydrogen (secondary N) is 3. The van der Waals surface area contributed by atoms with Crippen molar-refractivity contribution in [2.75, 3.05) is 26.7 Å². The smallest absolute Gasteiger partial charge is 0.191 e. The van der Waals surface area contributed by atoms with Crippen LogP contribution < -0.4 is 10.6 Å². The molecule has 0 saturated carbocycles. The Morgan fingerprint density at radius 3 is 2.77 bits per heavy atom. The summed E-state index contributed by atoms with van der Waals surface area (Å²) in [5, 5.41) is 8.41. The Kier molecular flexibility index (Phi) is 6.20. The van der Waals surface area contributed by atoms with E-state index in [0.717, 1.165) is 18.9 Å². The lowest BCUT2D eigenvalue weighted by Gasteiger charge is -2.35. The molecule has 0 spiro atoms. The predicted octanol–water partition coefficient (Wildman–Crippen LogP) is 3.06. The van der Waals surface area contributed by atoms with Gasteiger partial charge in [-0.05, 0) is 51.2 Å². The number of hydrogen-bond donors (Lipinski definition) is 3. The standard InChI is InChI=1S/C21H33N5/c1-15(2)26-12-9-18(10-13-26)25-21(22-4)23-11-8-17-14-24-20-16(3)6-5-7-19(17)20/h5-7,14-15,18,24H,8-13H2,1-4H3,(H2,22,23,25). The molecular formula is C21H33N5. The Balaban J connectivity index is 1.48. The number of aromatic nitrogens is 1. The third-order valence-corrected chi connectivity index (χ3v) is 5.52. The lowest BCUT2D eigenvalue weighted by atomic mass is 10.0. The van der Waals surface area contributed by atoms with Crippen LogP contribution in [0.25, 0.3) is 10.9 Å². The van der Waals surface area contributed by atoms with E-state index in [-0.39, 0.29) is 0 Å². The summed E-state index contributed by atoms with van der Waals surface area (Å²) in [5.41, 5.74) is 3.91. The van der Waals surface area contributed by atoms with E-state index in [2.05, 4.69) is 70.7 Å². The molecule has 3 rings (SSSR count). The molecule has 0 aliphatic carbocycles. The number of aliphatic imine (C=N–C) groups is 1. The number of H-pyrrole nitrogens is 1. The van der Waals surface area contributed by atoms with Crippen LogP contribution in [0.15, 0.2) is 29.4 Å². The fourth-order valence-corrected chi connectivity index (χ4v) is 3.83. The van der Waals surface area contributed by atoms with Gasteiger partial charge in [0.1, 0.15) is 0 Å². The summed E-state index contributed by atoms with van der Waals surface area (Å²) in [6, 6.07) is 7.65. The van der Waals surface area contributed by atoms with Crippen LogP contribution in [0.3, 0.4) is 0 Å². The van der Waals surface area contributed by atoms with Crippen LogP contribution in [0.2, 0.25) is 0 Å². The van der Waals surface area contributed by atoms with Crippen molar-refractivity contribution >= 4 is 16.9 Å². The van der Waals surface area contributed by atoms with Crippen LogP contribution in [0.4, 0.5) is 0 Å². The van der Waals surface area contributed by atoms with Gasteiger partial charge in [-0.25, -0.2) is 0 Å². The number of rotatable bonds is 5. The number of nitrogens with zero attached hydrogens (tertiary/aromatic N) is 2. The van der Waals surface area contributed by atoms with Crippen molar-refractivity contribution in [2.24, 2.45) is 4.99 Å². The third-order valence-electron chi connectivity index (χ3n) is 5.52. The maximum atomic E-state index is 4.40. The monoisotopic (exact) mass is 355 g/mol. The largest absolute Gasteiger partial charge is 0.361 e. The van der Waals surface area contributed by atoms with Crippen molar-refractivity contribution in [3.05, 3.63) is 35.5 Å². The van der Waals surface area contributed by atoms with E-state index in [4.69, 9.17) is 0 Å². The zero-order valence-electron chi connectivity index (χ0n) is 16.6. The van der Waals surface area contributed by atoms with Crippen LogP contribution >= 0.6 is 0 Å². The first-order valence-electron chi connectivity index (χ1n) is 9.85. The van der Waals surface area contributed by atoms with E-state index in [1.165, 1.54) is 48.0 Å². The van der Waals surface area contributed by atoms with Gasteiger partial charge in [0.05, 0.1) is 0 Å². The molecule has 2 heterocycles. The second-order valence-electron chi connectivity index (χ2n) is 7.61. The van der Waals surface area contributed by atoms with Gasteiger partial charge in [0.2, 0.25) is 0 Å². The van der Waals surface area contributed by atoms with Gasteiger partial charge in [-0.1, -0.05) is 18.2 Å². The highest BCUT2D eigenvalue weighted by atomic mass is 15.2. The number of para-hydroxylation sites is 1. The van der Waals surface area contributed by atoms with Crippen molar-refractivity contribution in [2.45, 2.75) is 52.1 Å². The second-order valence-corrected chi connectivity index (χ2v) is 7.61. The molecule has 142 valence electrons. The van der Waals surface area contributed by atoms with Crippen molar-refractivity contribution in [1.82, 2.24) is 20.5 Å². The number of guanidine groups is 1. The van der Waals surface area contributed by atoms with Crippen molar-refractivity contribution < 1.29 is 0 Å². The summed E-state index contributed by atoms with van der Waals surface area (Å²) >= 11 is 0. The van der Waals surface area contributed by atoms with Crippen molar-refractivity contribution in [3.8, 4) is 0 Å². The van der Waals surface area contributed by atoms with Gasteiger partial charge in [-0.3, -0.25) is 4.99 Å². The molecule has 1 aromatic carbocycles. The van der Waals surface area contributed by atoms with Crippen LogP contribution in [0, 0.1) is 6.92 Å². The predicted molar refractivity (Wildman–Crippen MR) is 111 cm³/mol. The van der Waals surface area contributed by atoms with Crippen molar-refractivity contribution in [3.63, 3.8) is 0 Å². The molecule has 0 unspecified atom stereocenters. The first kappa shape index (κ1) is 18.8. The number of hydrogen-bond acceptors (Lipinski definition) is 2. The molecule has 5 nitrogen and oxygen atoms in total. The Bertz CT molecular complexity index is 738. The van der Waals surface area contributed by atoms with Gasteiger partial charge in [-0.2, -0.15) is 0 Å². The van der Waals surface area contributed by atoms with Crippen LogP contribution in [-0.4, -0.2) is 54.6 Å². The molecule has 3 N–H and O–H groups in total. The highest BCUT2D eigenvalue weighted by molar-refractivity contribution is 5.86. The van der Waals surface area contributed by atoms with E-state index in [1.807, 2.05) is 7.05 Å². The van der Waals surface area contributed by atoms with E-state index >= 15 is 0 Å². The molecule has 1 aliphatic rings. The average molecular weight is 356 g/mol. The number of piperidine rings is 1. The third kappa shape index (κ3) is 4.39. The first-order chi connectivity index (χ1) is 12.6. The van der Waals surface area contributed by atoms with Crippen LogP contribution in [-0.2, 0) is 6.42 Å². The summed E-state index contributed by atoms with van der Waals surface area (Å²) in [6.45, 7) is 9.92. The summed E-state index contributed by atoms with van der Waals surface area (Å²) in [6.07, 6.45) is 5.48. The van der Waals surface area contributed by atoms with E-state index < -0.39 is 0 Å². The lowest BCUT2D eigenvalue weighted by Crippen LogP contribution is -2.50. The maximum Gasteiger partial charge on any atom is 0.191 e. The van der Waals surface area contributed by atoms with Gasteiger partial charge < -0.3 is 20.5 Å². The van der Waals surface area contributed by atoms with E-state index in [1.54, 1.807) is 0 Å². The van der Waals surface area contributed by atoms with Gasteiger partial charge in [0.15, 0.2) is 5.96 Å². The average Bonchev–Trinajstić information content (AvgIpc) is 3.06. The zero-order chi connectivity index (χ0) is 18.5. The minimum absolute atomic E-state index is 0.520. The fraction of sp³-hybridized carbons (Fsp3) is 0.571. The minimum Gasteiger partial charge on any atom is -0.361 e. The highest BCUT2D eigenvalue weighted by Gasteiger charge is 2.21. The molecule has 1 aliphatic heterocycles. The Morgan fingerprint density at radius 2 is 2.08 bits per heavy atom. The van der Waals surface area contributed by atoms with Crippen molar-refractivity contribution in [1.29, 1.82) is 0 Å². The number of fused-ring (bicyclic) bond motifs is 1. The molecule has 5 heteroatoms. The molecule has 1 aromatic heterocycles. The summed E-state index contributed by atoms with van der Waals surface area (Å²) in [4.78, 5) is 10.4. The first-order valence-corrected chi connectivity index (χ1v) is 9.85. The SMILES string of the molecule is CN=C(NCCc1c[nH]c2c(C)cccc12)NC1CCN(C(C)C)CC1. The van der Waals surface area contributed by atoms with E-state index in [0.29, 0.717) is 12.1 Å². The second kappa shape index (κ2) is 8.58. The normalized spacial score (nSPS) is 17.2. The molecular weight excluding hydrogens is 322 g/mol. The highest BCUT2D eigenvalue weighted by Crippen LogP contribution is 2.21. The quantitative estimate of drug-likeness (QED) is 0.571. The zero-order valence-corrected chi connectivity index (χ0v) is 16.6. The molecule has 26 heavy (non-hydrogen) atoms. The molecule has 0 bridgehead atoms. The topological polar surface area (TPSA) is 55.5 Å². The molecule has 0 radical (unpaired) electrons. The Hall–Kier alpha value is -2.01. The van der Waals surface area contributed by atoms with Crippen LogP contribution in [0.5, 0.6) is 0 Å². The Labute approximate surface area is 157 Å². The number of aromatic amines is 1. The molecule has 0 amide bonds. The number of likely N-dealkylation sites (tertiary alicyclic amines) is 1.